The van der Waals surface area contributed by atoms with Crippen LogP contribution in [0.1, 0.15) is 10.4 Å². The molecule has 1 aliphatic heterocycles. The quantitative estimate of drug-likeness (QED) is 0.608. The smallest absolute Gasteiger partial charge is 0.243 e. The maximum atomic E-state index is 12.8. The molecular weight excluding hydrogens is 394 g/mol. The molecule has 156 valence electrons. The van der Waals surface area contributed by atoms with Gasteiger partial charge in [-0.15, -0.1) is 11.3 Å². The lowest BCUT2D eigenvalue weighted by molar-refractivity contribution is -0.115. The van der Waals surface area contributed by atoms with Crippen molar-refractivity contribution in [1.29, 1.82) is 0 Å². The number of nitrogens with one attached hydrogen (secondary N) is 1. The van der Waals surface area contributed by atoms with E-state index in [1.54, 1.807) is 11.3 Å². The van der Waals surface area contributed by atoms with Crippen LogP contribution in [-0.4, -0.2) is 38.8 Å². The third-order valence-corrected chi connectivity index (χ3v) is 6.05. The highest BCUT2D eigenvalue weighted by atomic mass is 32.1. The Morgan fingerprint density at radius 2 is 1.80 bits per heavy atom. The number of carbonyl (C=O) groups excluding carboxylic acids is 1. The van der Waals surface area contributed by atoms with Crippen LogP contribution in [0.15, 0.2) is 66.0 Å². The first kappa shape index (κ1) is 20.4. The van der Waals surface area contributed by atoms with Crippen molar-refractivity contribution in [2.75, 3.05) is 48.0 Å². The summed E-state index contributed by atoms with van der Waals surface area (Å²) in [5, 5.41) is 5.11. The van der Waals surface area contributed by atoms with E-state index in [-0.39, 0.29) is 5.91 Å². The molecule has 4 rings (SSSR count). The van der Waals surface area contributed by atoms with Crippen molar-refractivity contribution in [3.8, 4) is 0 Å². The van der Waals surface area contributed by atoms with Crippen LogP contribution in [0.4, 0.5) is 17.1 Å². The summed E-state index contributed by atoms with van der Waals surface area (Å²) in [7, 11) is 0. The summed E-state index contributed by atoms with van der Waals surface area (Å²) in [5.41, 5.74) is 4.23. The van der Waals surface area contributed by atoms with Crippen molar-refractivity contribution in [2.45, 2.75) is 13.5 Å². The lowest BCUT2D eigenvalue weighted by Gasteiger charge is -2.29. The van der Waals surface area contributed by atoms with Gasteiger partial charge in [-0.05, 0) is 54.8 Å². The Morgan fingerprint density at radius 3 is 2.47 bits per heavy atom. The Balaban J connectivity index is 1.41. The summed E-state index contributed by atoms with van der Waals surface area (Å²) in [4.78, 5) is 18.5. The topological polar surface area (TPSA) is 44.8 Å². The number of benzene rings is 2. The van der Waals surface area contributed by atoms with Gasteiger partial charge in [0.05, 0.1) is 26.3 Å². The van der Waals surface area contributed by atoms with Crippen LogP contribution < -0.4 is 15.1 Å². The first-order chi connectivity index (χ1) is 14.7. The molecule has 0 unspecified atom stereocenters. The van der Waals surface area contributed by atoms with Gasteiger partial charge in [-0.1, -0.05) is 23.8 Å². The van der Waals surface area contributed by atoms with Crippen LogP contribution in [0, 0.1) is 6.92 Å². The molecule has 0 spiro atoms. The third kappa shape index (κ3) is 5.40. The molecule has 0 radical (unpaired) electrons. The van der Waals surface area contributed by atoms with Crippen molar-refractivity contribution in [2.24, 2.45) is 0 Å². The van der Waals surface area contributed by atoms with E-state index in [4.69, 9.17) is 4.74 Å². The second-order valence-corrected chi connectivity index (χ2v) is 8.50. The zero-order valence-corrected chi connectivity index (χ0v) is 18.0. The fourth-order valence-corrected chi connectivity index (χ4v) is 4.26. The molecule has 6 heteroatoms. The standard InChI is InChI=1S/C24H27N3O2S/c1-19-4-8-22(9-5-19)27(17-23-3-2-16-30-23)18-24(28)25-20-6-10-21(11-7-20)26-12-14-29-15-13-26/h2-11,16H,12-15,17-18H2,1H3,(H,25,28). The molecule has 0 atom stereocenters. The van der Waals surface area contributed by atoms with Gasteiger partial charge < -0.3 is 19.9 Å². The van der Waals surface area contributed by atoms with Gasteiger partial charge in [-0.25, -0.2) is 0 Å². The Bertz CT molecular complexity index is 934. The van der Waals surface area contributed by atoms with Crippen molar-refractivity contribution in [3.63, 3.8) is 0 Å². The zero-order chi connectivity index (χ0) is 20.8. The first-order valence-electron chi connectivity index (χ1n) is 10.2. The van der Waals surface area contributed by atoms with Crippen LogP contribution >= 0.6 is 11.3 Å². The number of carbonyl (C=O) groups is 1. The van der Waals surface area contributed by atoms with Gasteiger partial charge in [0.25, 0.3) is 0 Å². The summed E-state index contributed by atoms with van der Waals surface area (Å²) in [6.45, 7) is 6.41. The molecule has 1 aliphatic rings. The third-order valence-electron chi connectivity index (χ3n) is 5.19. The van der Waals surface area contributed by atoms with Crippen LogP contribution in [0.3, 0.4) is 0 Å². The Labute approximate surface area is 181 Å². The van der Waals surface area contributed by atoms with E-state index in [0.29, 0.717) is 13.1 Å². The fourth-order valence-electron chi connectivity index (χ4n) is 3.54. The lowest BCUT2D eigenvalue weighted by atomic mass is 10.2. The van der Waals surface area contributed by atoms with E-state index in [9.17, 15) is 4.79 Å². The zero-order valence-electron chi connectivity index (χ0n) is 17.2. The monoisotopic (exact) mass is 421 g/mol. The Morgan fingerprint density at radius 1 is 1.07 bits per heavy atom. The number of ether oxygens (including phenoxy) is 1. The van der Waals surface area contributed by atoms with Gasteiger partial charge in [0, 0.05) is 35.0 Å². The van der Waals surface area contributed by atoms with Gasteiger partial charge in [0.2, 0.25) is 5.91 Å². The summed E-state index contributed by atoms with van der Waals surface area (Å²) < 4.78 is 5.41. The molecule has 3 aromatic rings. The Hall–Kier alpha value is -2.83. The number of hydrogen-bond donors (Lipinski definition) is 1. The highest BCUT2D eigenvalue weighted by Crippen LogP contribution is 2.22. The summed E-state index contributed by atoms with van der Waals surface area (Å²) in [6.07, 6.45) is 0. The summed E-state index contributed by atoms with van der Waals surface area (Å²) in [6, 6.07) is 20.5. The maximum absolute atomic E-state index is 12.8. The number of rotatable bonds is 7. The van der Waals surface area contributed by atoms with Gasteiger partial charge in [-0.3, -0.25) is 4.79 Å². The van der Waals surface area contributed by atoms with Gasteiger partial charge >= 0.3 is 0 Å². The largest absolute Gasteiger partial charge is 0.378 e. The maximum Gasteiger partial charge on any atom is 0.243 e. The second-order valence-electron chi connectivity index (χ2n) is 7.47. The van der Waals surface area contributed by atoms with Gasteiger partial charge in [0.15, 0.2) is 0 Å². The molecule has 0 saturated carbocycles. The number of thiophene rings is 1. The number of amides is 1. The average Bonchev–Trinajstić information content (AvgIpc) is 3.28. The van der Waals surface area contributed by atoms with Crippen molar-refractivity contribution < 1.29 is 9.53 Å². The van der Waals surface area contributed by atoms with E-state index < -0.39 is 0 Å². The molecule has 5 nitrogen and oxygen atoms in total. The van der Waals surface area contributed by atoms with Gasteiger partial charge in [0.1, 0.15) is 0 Å². The van der Waals surface area contributed by atoms with E-state index in [1.807, 2.05) is 18.2 Å². The summed E-state index contributed by atoms with van der Waals surface area (Å²) in [5.74, 6) is -0.0220. The Kier molecular flexibility index (Phi) is 6.67. The number of aryl methyl sites for hydroxylation is 1. The molecular formula is C24H27N3O2S. The van der Waals surface area contributed by atoms with Crippen LogP contribution in [0.5, 0.6) is 0 Å². The predicted molar refractivity (Wildman–Crippen MR) is 125 cm³/mol. The van der Waals surface area contributed by atoms with E-state index in [2.05, 4.69) is 69.9 Å². The SMILES string of the molecule is Cc1ccc(N(CC(=O)Nc2ccc(N3CCOCC3)cc2)Cc2cccs2)cc1. The molecule has 1 N–H and O–H groups in total. The molecule has 2 aromatic carbocycles. The number of hydrogen-bond acceptors (Lipinski definition) is 5. The van der Waals surface area contributed by atoms with Crippen molar-refractivity contribution in [3.05, 3.63) is 76.5 Å². The van der Waals surface area contributed by atoms with E-state index in [0.717, 1.165) is 43.4 Å². The molecule has 0 bridgehead atoms. The normalized spacial score (nSPS) is 13.8. The molecule has 30 heavy (non-hydrogen) atoms. The highest BCUT2D eigenvalue weighted by Gasteiger charge is 2.14. The molecule has 1 amide bonds. The van der Waals surface area contributed by atoms with Crippen LogP contribution in [-0.2, 0) is 16.1 Å². The molecule has 0 aliphatic carbocycles. The van der Waals surface area contributed by atoms with Crippen molar-refractivity contribution in [1.82, 2.24) is 0 Å². The highest BCUT2D eigenvalue weighted by molar-refractivity contribution is 7.09. The van der Waals surface area contributed by atoms with Crippen molar-refractivity contribution >= 4 is 34.3 Å². The second kappa shape index (κ2) is 9.78. The van der Waals surface area contributed by atoms with Gasteiger partial charge in [-0.2, -0.15) is 0 Å². The first-order valence-corrected chi connectivity index (χ1v) is 11.1. The fraction of sp³-hybridized carbons (Fsp3) is 0.292. The number of anilines is 3. The van der Waals surface area contributed by atoms with E-state index >= 15 is 0 Å². The minimum absolute atomic E-state index is 0.0220. The molecule has 2 heterocycles. The van der Waals surface area contributed by atoms with E-state index in [1.165, 1.54) is 10.4 Å². The lowest BCUT2D eigenvalue weighted by Crippen LogP contribution is -2.36. The summed E-state index contributed by atoms with van der Waals surface area (Å²) >= 11 is 1.71. The van der Waals surface area contributed by atoms with Crippen LogP contribution in [0.25, 0.3) is 0 Å². The minimum atomic E-state index is -0.0220. The minimum Gasteiger partial charge on any atom is -0.378 e. The van der Waals surface area contributed by atoms with Crippen LogP contribution in [0.2, 0.25) is 0 Å². The number of nitrogens with zero attached hydrogens (tertiary/aromatic N) is 2. The predicted octanol–water partition coefficient (Wildman–Crippen LogP) is 4.54. The molecule has 1 aromatic heterocycles. The number of morpholine rings is 1. The molecule has 1 saturated heterocycles. The average molecular weight is 422 g/mol. The molecule has 1 fully saturated rings.